The van der Waals surface area contributed by atoms with Crippen LogP contribution in [0, 0.1) is 5.92 Å². The van der Waals surface area contributed by atoms with Crippen LogP contribution >= 0.6 is 0 Å². The third-order valence-corrected chi connectivity index (χ3v) is 2.67. The van der Waals surface area contributed by atoms with Crippen molar-refractivity contribution in [1.82, 2.24) is 5.32 Å². The molecule has 0 heterocycles. The fourth-order valence-electron chi connectivity index (χ4n) is 1.91. The zero-order chi connectivity index (χ0) is 8.81. The highest BCUT2D eigenvalue weighted by Crippen LogP contribution is 2.30. The molecule has 72 valence electrons. The molecule has 0 aromatic carbocycles. The summed E-state index contributed by atoms with van der Waals surface area (Å²) in [7, 11) is 1.75. The van der Waals surface area contributed by atoms with Gasteiger partial charge in [-0.15, -0.1) is 0 Å². The van der Waals surface area contributed by atoms with Crippen molar-refractivity contribution < 1.29 is 4.74 Å². The molecule has 0 aromatic rings. The van der Waals surface area contributed by atoms with Gasteiger partial charge < -0.3 is 10.1 Å². The second kappa shape index (κ2) is 5.55. The molecule has 1 saturated carbocycles. The Morgan fingerprint density at radius 3 is 2.75 bits per heavy atom. The minimum atomic E-state index is 0.789. The number of rotatable bonds is 6. The van der Waals surface area contributed by atoms with Crippen LogP contribution in [-0.4, -0.2) is 26.3 Å². The van der Waals surface area contributed by atoms with E-state index in [2.05, 4.69) is 12.2 Å². The quantitative estimate of drug-likeness (QED) is 0.615. The molecule has 0 unspecified atom stereocenters. The van der Waals surface area contributed by atoms with Gasteiger partial charge in [0.05, 0.1) is 6.61 Å². The summed E-state index contributed by atoms with van der Waals surface area (Å²) in [6.45, 7) is 4.13. The first-order chi connectivity index (χ1) is 5.86. The lowest BCUT2D eigenvalue weighted by Gasteiger charge is -2.36. The van der Waals surface area contributed by atoms with Crippen molar-refractivity contribution >= 4 is 0 Å². The van der Waals surface area contributed by atoms with Crippen LogP contribution in [0.3, 0.4) is 0 Å². The van der Waals surface area contributed by atoms with Crippen LogP contribution in [0.25, 0.3) is 0 Å². The van der Waals surface area contributed by atoms with Crippen molar-refractivity contribution in [3.05, 3.63) is 0 Å². The fraction of sp³-hybridized carbons (Fsp3) is 1.00. The first-order valence-electron chi connectivity index (χ1n) is 5.09. The highest BCUT2D eigenvalue weighted by molar-refractivity contribution is 4.84. The molecule has 0 amide bonds. The van der Waals surface area contributed by atoms with E-state index in [0.29, 0.717) is 0 Å². The van der Waals surface area contributed by atoms with Crippen LogP contribution in [0.15, 0.2) is 0 Å². The van der Waals surface area contributed by atoms with E-state index >= 15 is 0 Å². The Hall–Kier alpha value is -0.0800. The molecule has 1 aliphatic rings. The van der Waals surface area contributed by atoms with E-state index in [-0.39, 0.29) is 0 Å². The molecule has 0 atom stereocenters. The van der Waals surface area contributed by atoms with Crippen molar-refractivity contribution in [1.29, 1.82) is 0 Å². The normalized spacial score (nSPS) is 28.5. The Bertz CT molecular complexity index is 108. The topological polar surface area (TPSA) is 21.3 Å². The van der Waals surface area contributed by atoms with E-state index in [9.17, 15) is 0 Å². The lowest BCUT2D eigenvalue weighted by atomic mass is 9.78. The Morgan fingerprint density at radius 2 is 2.17 bits per heavy atom. The van der Waals surface area contributed by atoms with Crippen LogP contribution in [0.4, 0.5) is 0 Å². The van der Waals surface area contributed by atoms with Crippen molar-refractivity contribution in [2.45, 2.75) is 38.6 Å². The standard InChI is InChI=1S/C10H21NO/c1-3-4-9-7-10(8-9)11-5-6-12-2/h9-11H,3-8H2,1-2H3. The summed E-state index contributed by atoms with van der Waals surface area (Å²) in [5, 5.41) is 3.48. The molecule has 2 heteroatoms. The third kappa shape index (κ3) is 3.11. The number of hydrogen-bond donors (Lipinski definition) is 1. The van der Waals surface area contributed by atoms with E-state index in [0.717, 1.165) is 25.1 Å². The first-order valence-corrected chi connectivity index (χ1v) is 5.09. The van der Waals surface area contributed by atoms with Gasteiger partial charge in [-0.3, -0.25) is 0 Å². The van der Waals surface area contributed by atoms with Crippen molar-refractivity contribution in [2.24, 2.45) is 5.92 Å². The maximum absolute atomic E-state index is 4.97. The molecule has 0 spiro atoms. The SMILES string of the molecule is CCCC1CC(NCCOC)C1. The minimum absolute atomic E-state index is 0.789. The average Bonchev–Trinajstić information content (AvgIpc) is 2.00. The van der Waals surface area contributed by atoms with Gasteiger partial charge in [0.1, 0.15) is 0 Å². The highest BCUT2D eigenvalue weighted by Gasteiger charge is 2.27. The lowest BCUT2D eigenvalue weighted by Crippen LogP contribution is -2.42. The summed E-state index contributed by atoms with van der Waals surface area (Å²) >= 11 is 0. The van der Waals surface area contributed by atoms with E-state index < -0.39 is 0 Å². The van der Waals surface area contributed by atoms with Crippen LogP contribution < -0.4 is 5.32 Å². The van der Waals surface area contributed by atoms with Crippen LogP contribution in [0.1, 0.15) is 32.6 Å². The monoisotopic (exact) mass is 171 g/mol. The molecule has 1 N–H and O–H groups in total. The summed E-state index contributed by atoms with van der Waals surface area (Å²) in [6, 6.07) is 0.789. The molecule has 0 aliphatic heterocycles. The summed E-state index contributed by atoms with van der Waals surface area (Å²) in [5.41, 5.74) is 0. The Balaban J connectivity index is 1.88. The second-order valence-electron chi connectivity index (χ2n) is 3.77. The number of ether oxygens (including phenoxy) is 1. The Morgan fingerprint density at radius 1 is 1.42 bits per heavy atom. The van der Waals surface area contributed by atoms with Gasteiger partial charge >= 0.3 is 0 Å². The van der Waals surface area contributed by atoms with E-state index in [1.807, 2.05) is 0 Å². The zero-order valence-corrected chi connectivity index (χ0v) is 8.31. The van der Waals surface area contributed by atoms with Crippen LogP contribution in [0.2, 0.25) is 0 Å². The van der Waals surface area contributed by atoms with Crippen molar-refractivity contribution in [3.8, 4) is 0 Å². The zero-order valence-electron chi connectivity index (χ0n) is 8.31. The predicted octanol–water partition coefficient (Wildman–Crippen LogP) is 1.80. The van der Waals surface area contributed by atoms with Crippen LogP contribution in [-0.2, 0) is 4.74 Å². The molecule has 1 rings (SSSR count). The maximum atomic E-state index is 4.97. The minimum Gasteiger partial charge on any atom is -0.383 e. The summed E-state index contributed by atoms with van der Waals surface area (Å²) < 4.78 is 4.97. The van der Waals surface area contributed by atoms with Crippen molar-refractivity contribution in [3.63, 3.8) is 0 Å². The van der Waals surface area contributed by atoms with E-state index in [1.54, 1.807) is 7.11 Å². The molecular formula is C10H21NO. The van der Waals surface area contributed by atoms with Gasteiger partial charge in [-0.2, -0.15) is 0 Å². The summed E-state index contributed by atoms with van der Waals surface area (Å²) in [6.07, 6.45) is 5.53. The van der Waals surface area contributed by atoms with Gasteiger partial charge in [0, 0.05) is 19.7 Å². The van der Waals surface area contributed by atoms with E-state index in [4.69, 9.17) is 4.74 Å². The summed E-state index contributed by atoms with van der Waals surface area (Å²) in [4.78, 5) is 0. The molecular weight excluding hydrogens is 150 g/mol. The summed E-state index contributed by atoms with van der Waals surface area (Å²) in [5.74, 6) is 1.01. The van der Waals surface area contributed by atoms with Gasteiger partial charge in [0.25, 0.3) is 0 Å². The highest BCUT2D eigenvalue weighted by atomic mass is 16.5. The first kappa shape index (κ1) is 10.0. The van der Waals surface area contributed by atoms with Crippen LogP contribution in [0.5, 0.6) is 0 Å². The molecule has 12 heavy (non-hydrogen) atoms. The third-order valence-electron chi connectivity index (χ3n) is 2.67. The number of methoxy groups -OCH3 is 1. The second-order valence-corrected chi connectivity index (χ2v) is 3.77. The van der Waals surface area contributed by atoms with Crippen molar-refractivity contribution in [2.75, 3.05) is 20.3 Å². The molecule has 0 radical (unpaired) electrons. The largest absolute Gasteiger partial charge is 0.383 e. The van der Waals surface area contributed by atoms with Gasteiger partial charge in [0.15, 0.2) is 0 Å². The molecule has 0 bridgehead atoms. The Labute approximate surface area is 75.7 Å². The fourth-order valence-corrected chi connectivity index (χ4v) is 1.91. The Kier molecular flexibility index (Phi) is 4.62. The maximum Gasteiger partial charge on any atom is 0.0587 e. The van der Waals surface area contributed by atoms with Gasteiger partial charge in [0.2, 0.25) is 0 Å². The molecule has 0 aromatic heterocycles. The lowest BCUT2D eigenvalue weighted by molar-refractivity contribution is 0.166. The van der Waals surface area contributed by atoms with Gasteiger partial charge in [-0.05, 0) is 18.8 Å². The number of nitrogens with one attached hydrogen (secondary N) is 1. The number of hydrogen-bond acceptors (Lipinski definition) is 2. The van der Waals surface area contributed by atoms with Gasteiger partial charge in [-0.25, -0.2) is 0 Å². The molecule has 1 fully saturated rings. The van der Waals surface area contributed by atoms with Gasteiger partial charge in [-0.1, -0.05) is 19.8 Å². The molecule has 2 nitrogen and oxygen atoms in total. The smallest absolute Gasteiger partial charge is 0.0587 e. The molecule has 0 saturated heterocycles. The molecule has 1 aliphatic carbocycles. The van der Waals surface area contributed by atoms with E-state index in [1.165, 1.54) is 25.7 Å². The average molecular weight is 171 g/mol. The predicted molar refractivity (Wildman–Crippen MR) is 51.3 cm³/mol.